The van der Waals surface area contributed by atoms with Crippen LogP contribution >= 0.6 is 11.5 Å². The number of hydrogen-bond donors (Lipinski definition) is 2. The highest BCUT2D eigenvalue weighted by molar-refractivity contribution is 7.13. The average molecular weight is 286 g/mol. The van der Waals surface area contributed by atoms with Crippen molar-refractivity contribution in [1.82, 2.24) is 3.96 Å². The van der Waals surface area contributed by atoms with Gasteiger partial charge in [-0.05, 0) is 29.8 Å². The minimum atomic E-state index is -0.721. The van der Waals surface area contributed by atoms with Gasteiger partial charge in [0, 0.05) is 5.69 Å². The number of benzene rings is 2. The van der Waals surface area contributed by atoms with Crippen molar-refractivity contribution in [3.63, 3.8) is 0 Å². The van der Waals surface area contributed by atoms with E-state index in [1.54, 1.807) is 34.3 Å². The molecule has 0 bridgehead atoms. The lowest BCUT2D eigenvalue weighted by Crippen LogP contribution is -2.17. The Morgan fingerprint density at radius 1 is 1.15 bits per heavy atom. The number of fused-ring (bicyclic) bond motifs is 1. The molecule has 0 fully saturated rings. The van der Waals surface area contributed by atoms with Crippen LogP contribution < -0.4 is 11.3 Å². The van der Waals surface area contributed by atoms with Crippen LogP contribution in [0.25, 0.3) is 10.1 Å². The molecule has 2 aromatic carbocycles. The van der Waals surface area contributed by atoms with E-state index in [9.17, 15) is 9.90 Å². The molecule has 1 aromatic heterocycles. The molecule has 1 heterocycles. The fourth-order valence-corrected chi connectivity index (χ4v) is 3.15. The van der Waals surface area contributed by atoms with Crippen LogP contribution in [0.4, 0.5) is 5.69 Å². The molecule has 1 unspecified atom stereocenters. The van der Waals surface area contributed by atoms with Crippen LogP contribution in [0.2, 0.25) is 0 Å². The van der Waals surface area contributed by atoms with Crippen molar-refractivity contribution in [2.45, 2.75) is 12.6 Å². The highest BCUT2D eigenvalue weighted by Gasteiger charge is 2.12. The van der Waals surface area contributed by atoms with Crippen molar-refractivity contribution < 1.29 is 5.11 Å². The molecule has 0 radical (unpaired) electrons. The number of anilines is 1. The van der Waals surface area contributed by atoms with Crippen molar-refractivity contribution in [1.29, 1.82) is 0 Å². The van der Waals surface area contributed by atoms with Gasteiger partial charge in [-0.15, -0.1) is 0 Å². The molecule has 1 atom stereocenters. The Labute approximate surface area is 119 Å². The number of nitrogen functional groups attached to an aromatic ring is 1. The molecule has 102 valence electrons. The van der Waals surface area contributed by atoms with E-state index in [4.69, 9.17) is 5.73 Å². The first-order valence-electron chi connectivity index (χ1n) is 6.27. The number of aromatic nitrogens is 1. The number of nitrogens with zero attached hydrogens (tertiary/aromatic N) is 1. The molecule has 20 heavy (non-hydrogen) atoms. The number of rotatable bonds is 3. The average Bonchev–Trinajstić information content (AvgIpc) is 2.77. The molecule has 3 rings (SSSR count). The van der Waals surface area contributed by atoms with Gasteiger partial charge in [-0.2, -0.15) is 0 Å². The second-order valence-electron chi connectivity index (χ2n) is 4.64. The van der Waals surface area contributed by atoms with Crippen LogP contribution in [0.3, 0.4) is 0 Å². The van der Waals surface area contributed by atoms with Crippen molar-refractivity contribution in [3.05, 3.63) is 64.4 Å². The molecule has 0 aliphatic carbocycles. The Kier molecular flexibility index (Phi) is 3.30. The highest BCUT2D eigenvalue weighted by Crippen LogP contribution is 2.20. The Bertz CT molecular complexity index is 789. The Balaban J connectivity index is 1.91. The van der Waals surface area contributed by atoms with Crippen LogP contribution in [0.1, 0.15) is 11.7 Å². The molecule has 3 N–H and O–H groups in total. The number of hydrogen-bond acceptors (Lipinski definition) is 4. The van der Waals surface area contributed by atoms with Crippen molar-refractivity contribution in [2.75, 3.05) is 5.73 Å². The van der Waals surface area contributed by atoms with Gasteiger partial charge in [-0.3, -0.25) is 8.75 Å². The van der Waals surface area contributed by atoms with E-state index in [0.717, 1.165) is 10.3 Å². The SMILES string of the molecule is Nc1ccc(C(O)Cn2sc3ccccc3c2=O)cc1. The van der Waals surface area contributed by atoms with E-state index < -0.39 is 6.10 Å². The highest BCUT2D eigenvalue weighted by atomic mass is 32.1. The van der Waals surface area contributed by atoms with Crippen LogP contribution in [-0.2, 0) is 6.54 Å². The summed E-state index contributed by atoms with van der Waals surface area (Å²) < 4.78 is 2.52. The fraction of sp³-hybridized carbons (Fsp3) is 0.133. The zero-order valence-electron chi connectivity index (χ0n) is 10.7. The van der Waals surface area contributed by atoms with E-state index in [2.05, 4.69) is 0 Å². The van der Waals surface area contributed by atoms with E-state index in [-0.39, 0.29) is 12.1 Å². The first-order valence-corrected chi connectivity index (χ1v) is 7.05. The van der Waals surface area contributed by atoms with E-state index in [1.165, 1.54) is 11.5 Å². The predicted octanol–water partition coefficient (Wildman–Crippen LogP) is 2.38. The molecular weight excluding hydrogens is 272 g/mol. The normalized spacial score (nSPS) is 12.7. The Morgan fingerprint density at radius 2 is 1.85 bits per heavy atom. The number of aliphatic hydroxyl groups is 1. The first kappa shape index (κ1) is 12.9. The minimum absolute atomic E-state index is 0.0555. The van der Waals surface area contributed by atoms with Crippen molar-refractivity contribution >= 4 is 27.3 Å². The number of aliphatic hydroxyl groups excluding tert-OH is 1. The van der Waals surface area contributed by atoms with Crippen molar-refractivity contribution in [2.24, 2.45) is 0 Å². The topological polar surface area (TPSA) is 68.2 Å². The lowest BCUT2D eigenvalue weighted by Gasteiger charge is -2.10. The van der Waals surface area contributed by atoms with E-state index in [1.807, 2.05) is 18.2 Å². The molecule has 0 saturated carbocycles. The number of nitrogens with two attached hydrogens (primary N) is 1. The standard InChI is InChI=1S/C15H14N2O2S/c16-11-7-5-10(6-8-11)13(18)9-17-15(19)12-3-1-2-4-14(12)20-17/h1-8,13,18H,9,16H2. The van der Waals surface area contributed by atoms with Gasteiger partial charge in [0.15, 0.2) is 0 Å². The quantitative estimate of drug-likeness (QED) is 0.726. The smallest absolute Gasteiger partial charge is 0.268 e. The molecule has 0 spiro atoms. The second kappa shape index (κ2) is 5.11. The summed E-state index contributed by atoms with van der Waals surface area (Å²) in [6.45, 7) is 0.252. The lowest BCUT2D eigenvalue weighted by molar-refractivity contribution is 0.159. The van der Waals surface area contributed by atoms with Gasteiger partial charge in [0.25, 0.3) is 5.56 Å². The molecule has 4 nitrogen and oxygen atoms in total. The molecule has 0 aliphatic rings. The molecule has 5 heteroatoms. The Hall–Kier alpha value is -2.11. The summed E-state index contributed by atoms with van der Waals surface area (Å²) in [6, 6.07) is 14.5. The molecule has 3 aromatic rings. The van der Waals surface area contributed by atoms with Crippen LogP contribution in [0.15, 0.2) is 53.3 Å². The zero-order valence-corrected chi connectivity index (χ0v) is 11.5. The maximum absolute atomic E-state index is 12.2. The minimum Gasteiger partial charge on any atom is -0.399 e. The van der Waals surface area contributed by atoms with E-state index in [0.29, 0.717) is 11.1 Å². The molecule has 0 amide bonds. The summed E-state index contributed by atoms with van der Waals surface area (Å²) in [5, 5.41) is 10.9. The molecule has 0 saturated heterocycles. The third-order valence-corrected chi connectivity index (χ3v) is 4.30. The van der Waals surface area contributed by atoms with Crippen molar-refractivity contribution in [3.8, 4) is 0 Å². The summed E-state index contributed by atoms with van der Waals surface area (Å²) in [5.41, 5.74) is 6.97. The summed E-state index contributed by atoms with van der Waals surface area (Å²) in [7, 11) is 0. The summed E-state index contributed by atoms with van der Waals surface area (Å²) in [4.78, 5) is 12.2. The Morgan fingerprint density at radius 3 is 2.55 bits per heavy atom. The lowest BCUT2D eigenvalue weighted by atomic mass is 10.1. The first-order chi connectivity index (χ1) is 9.65. The molecule has 0 aliphatic heterocycles. The monoisotopic (exact) mass is 286 g/mol. The third-order valence-electron chi connectivity index (χ3n) is 3.21. The summed E-state index contributed by atoms with van der Waals surface area (Å²) in [5.74, 6) is 0. The van der Waals surface area contributed by atoms with Gasteiger partial charge < -0.3 is 10.8 Å². The van der Waals surface area contributed by atoms with Gasteiger partial charge in [0.05, 0.1) is 22.7 Å². The summed E-state index contributed by atoms with van der Waals surface area (Å²) >= 11 is 1.37. The van der Waals surface area contributed by atoms with Gasteiger partial charge in [0.2, 0.25) is 0 Å². The van der Waals surface area contributed by atoms with Gasteiger partial charge in [-0.25, -0.2) is 0 Å². The van der Waals surface area contributed by atoms with Gasteiger partial charge in [-0.1, -0.05) is 35.8 Å². The van der Waals surface area contributed by atoms with Crippen LogP contribution in [0, 0.1) is 0 Å². The zero-order chi connectivity index (χ0) is 14.1. The second-order valence-corrected chi connectivity index (χ2v) is 5.70. The van der Waals surface area contributed by atoms with Crippen LogP contribution in [0.5, 0.6) is 0 Å². The van der Waals surface area contributed by atoms with E-state index >= 15 is 0 Å². The predicted molar refractivity (Wildman–Crippen MR) is 81.9 cm³/mol. The maximum Gasteiger partial charge on any atom is 0.268 e. The molecular formula is C15H14N2O2S. The third kappa shape index (κ3) is 2.33. The van der Waals surface area contributed by atoms with Gasteiger partial charge >= 0.3 is 0 Å². The largest absolute Gasteiger partial charge is 0.399 e. The maximum atomic E-state index is 12.2. The summed E-state index contributed by atoms with van der Waals surface area (Å²) in [6.07, 6.45) is -0.721. The van der Waals surface area contributed by atoms with Gasteiger partial charge in [0.1, 0.15) is 0 Å². The van der Waals surface area contributed by atoms with Crippen LogP contribution in [-0.4, -0.2) is 9.06 Å². The fourth-order valence-electron chi connectivity index (χ4n) is 2.12.